The number of nitrogens with zero attached hydrogens (tertiary/aromatic N) is 2. The molecule has 148 valence electrons. The third kappa shape index (κ3) is 3.58. The minimum absolute atomic E-state index is 0.654. The lowest BCUT2D eigenvalue weighted by molar-refractivity contribution is 0.112. The molecule has 0 saturated carbocycles. The lowest BCUT2D eigenvalue weighted by Crippen LogP contribution is -1.99. The van der Waals surface area contributed by atoms with Gasteiger partial charge in [-0.05, 0) is 17.7 Å². The van der Waals surface area contributed by atoms with Crippen LogP contribution in [0.5, 0.6) is 0 Å². The zero-order valence-electron chi connectivity index (χ0n) is 16.8. The molecule has 0 unspecified atom stereocenters. The average molecular weight is 400 g/mol. The summed E-state index contributed by atoms with van der Waals surface area (Å²) in [6, 6.07) is 38.4. The molecule has 31 heavy (non-hydrogen) atoms. The van der Waals surface area contributed by atoms with Crippen molar-refractivity contribution in [1.29, 1.82) is 0 Å². The second kappa shape index (κ2) is 8.25. The highest BCUT2D eigenvalue weighted by Gasteiger charge is 2.22. The summed E-state index contributed by atoms with van der Waals surface area (Å²) in [6.07, 6.45) is 0.868. The second-order valence-corrected chi connectivity index (χ2v) is 7.29. The van der Waals surface area contributed by atoms with E-state index in [1.54, 1.807) is 0 Å². The van der Waals surface area contributed by atoms with E-state index < -0.39 is 0 Å². The Morgan fingerprint density at radius 2 is 1.13 bits per heavy atom. The van der Waals surface area contributed by atoms with Crippen LogP contribution >= 0.6 is 0 Å². The molecular weight excluding hydrogens is 380 g/mol. The van der Waals surface area contributed by atoms with Crippen LogP contribution in [0.15, 0.2) is 115 Å². The van der Waals surface area contributed by atoms with Gasteiger partial charge in [-0.3, -0.25) is 4.79 Å². The first-order chi connectivity index (χ1) is 15.3. The maximum absolute atomic E-state index is 11.2. The third-order valence-electron chi connectivity index (χ3n) is 5.32. The van der Waals surface area contributed by atoms with Crippen LogP contribution in [0.4, 0.5) is 0 Å². The topological polar surface area (TPSA) is 34.9 Å². The van der Waals surface area contributed by atoms with Crippen LogP contribution in [0.1, 0.15) is 10.4 Å². The van der Waals surface area contributed by atoms with Crippen molar-refractivity contribution in [1.82, 2.24) is 9.78 Å². The van der Waals surface area contributed by atoms with Crippen LogP contribution in [-0.4, -0.2) is 16.1 Å². The quantitative estimate of drug-likeness (QED) is 0.308. The zero-order valence-corrected chi connectivity index (χ0v) is 16.8. The standard InChI is InChI=1S/C28H20N2O/c31-20-21-16-18-22(19-17-21)26-27(23-10-4-1-5-11-23)29-30(25-14-8-3-9-15-25)28(26)24-12-6-2-7-13-24/h1-20H. The predicted molar refractivity (Wildman–Crippen MR) is 125 cm³/mol. The highest BCUT2D eigenvalue weighted by Crippen LogP contribution is 2.41. The van der Waals surface area contributed by atoms with Crippen molar-refractivity contribution in [2.24, 2.45) is 0 Å². The fraction of sp³-hybridized carbons (Fsp3) is 0. The lowest BCUT2D eigenvalue weighted by atomic mass is 9.95. The Balaban J connectivity index is 1.87. The largest absolute Gasteiger partial charge is 0.298 e. The summed E-state index contributed by atoms with van der Waals surface area (Å²) < 4.78 is 2.01. The number of carbonyl (C=O) groups excluding carboxylic acids is 1. The molecule has 0 bridgehead atoms. The summed E-state index contributed by atoms with van der Waals surface area (Å²) in [5.74, 6) is 0. The first kappa shape index (κ1) is 18.8. The van der Waals surface area contributed by atoms with E-state index in [-0.39, 0.29) is 0 Å². The van der Waals surface area contributed by atoms with Crippen molar-refractivity contribution in [3.05, 3.63) is 121 Å². The molecule has 4 aromatic carbocycles. The molecule has 0 aliphatic heterocycles. The number of hydrogen-bond acceptors (Lipinski definition) is 2. The van der Waals surface area contributed by atoms with Crippen molar-refractivity contribution in [2.75, 3.05) is 0 Å². The number of rotatable bonds is 5. The second-order valence-electron chi connectivity index (χ2n) is 7.29. The molecule has 0 fully saturated rings. The van der Waals surface area contributed by atoms with E-state index in [1.807, 2.05) is 83.5 Å². The number of benzene rings is 4. The SMILES string of the molecule is O=Cc1ccc(-c2c(-c3ccccc3)nn(-c3ccccc3)c2-c2ccccc2)cc1. The molecule has 0 N–H and O–H groups in total. The molecule has 0 radical (unpaired) electrons. The van der Waals surface area contributed by atoms with E-state index >= 15 is 0 Å². The highest BCUT2D eigenvalue weighted by molar-refractivity contribution is 5.93. The molecule has 1 aromatic heterocycles. The van der Waals surface area contributed by atoms with Crippen LogP contribution < -0.4 is 0 Å². The van der Waals surface area contributed by atoms with E-state index in [0.29, 0.717) is 5.56 Å². The smallest absolute Gasteiger partial charge is 0.150 e. The Kier molecular flexibility index (Phi) is 4.99. The van der Waals surface area contributed by atoms with Gasteiger partial charge < -0.3 is 0 Å². The fourth-order valence-corrected chi connectivity index (χ4v) is 3.84. The van der Waals surface area contributed by atoms with Crippen LogP contribution in [-0.2, 0) is 0 Å². The molecule has 0 atom stereocenters. The van der Waals surface area contributed by atoms with Gasteiger partial charge in [0, 0.05) is 22.3 Å². The van der Waals surface area contributed by atoms with Crippen LogP contribution in [0, 0.1) is 0 Å². The average Bonchev–Trinajstić information content (AvgIpc) is 3.26. The molecule has 3 nitrogen and oxygen atoms in total. The van der Waals surface area contributed by atoms with Gasteiger partial charge >= 0.3 is 0 Å². The number of hydrogen-bond donors (Lipinski definition) is 0. The first-order valence-corrected chi connectivity index (χ1v) is 10.2. The molecule has 0 spiro atoms. The Bertz CT molecular complexity index is 1310. The van der Waals surface area contributed by atoms with E-state index in [1.165, 1.54) is 0 Å². The number of aldehydes is 1. The van der Waals surface area contributed by atoms with Gasteiger partial charge in [-0.15, -0.1) is 0 Å². The van der Waals surface area contributed by atoms with E-state index in [0.717, 1.165) is 45.6 Å². The molecule has 0 aliphatic rings. The first-order valence-electron chi connectivity index (χ1n) is 10.2. The van der Waals surface area contributed by atoms with Crippen molar-refractivity contribution in [2.45, 2.75) is 0 Å². The minimum Gasteiger partial charge on any atom is -0.298 e. The fourth-order valence-electron chi connectivity index (χ4n) is 3.84. The summed E-state index contributed by atoms with van der Waals surface area (Å²) in [5.41, 5.74) is 7.76. The molecule has 1 heterocycles. The zero-order chi connectivity index (χ0) is 21.0. The monoisotopic (exact) mass is 400 g/mol. The van der Waals surface area contributed by atoms with Crippen molar-refractivity contribution < 1.29 is 4.79 Å². The van der Waals surface area contributed by atoms with Crippen molar-refractivity contribution >= 4 is 6.29 Å². The third-order valence-corrected chi connectivity index (χ3v) is 5.32. The normalized spacial score (nSPS) is 10.7. The predicted octanol–water partition coefficient (Wildman–Crippen LogP) is 6.69. The Morgan fingerprint density at radius 3 is 1.71 bits per heavy atom. The van der Waals surface area contributed by atoms with Gasteiger partial charge in [0.1, 0.15) is 12.0 Å². The Hall–Kier alpha value is -4.24. The minimum atomic E-state index is 0.654. The summed E-state index contributed by atoms with van der Waals surface area (Å²) in [6.45, 7) is 0. The molecule has 5 aromatic rings. The van der Waals surface area contributed by atoms with Crippen molar-refractivity contribution in [3.8, 4) is 39.3 Å². The maximum atomic E-state index is 11.2. The molecule has 0 aliphatic carbocycles. The van der Waals surface area contributed by atoms with Crippen LogP contribution in [0.25, 0.3) is 39.3 Å². The van der Waals surface area contributed by atoms with Gasteiger partial charge in [0.25, 0.3) is 0 Å². The summed E-state index contributed by atoms with van der Waals surface area (Å²) in [4.78, 5) is 11.2. The van der Waals surface area contributed by atoms with Gasteiger partial charge in [-0.25, -0.2) is 4.68 Å². The summed E-state index contributed by atoms with van der Waals surface area (Å²) in [5, 5.41) is 5.09. The highest BCUT2D eigenvalue weighted by atomic mass is 16.1. The van der Waals surface area contributed by atoms with Gasteiger partial charge in [-0.2, -0.15) is 5.10 Å². The van der Waals surface area contributed by atoms with Gasteiger partial charge in [0.15, 0.2) is 0 Å². The van der Waals surface area contributed by atoms with Crippen molar-refractivity contribution in [3.63, 3.8) is 0 Å². The molecule has 0 amide bonds. The molecule has 3 heteroatoms. The lowest BCUT2D eigenvalue weighted by Gasteiger charge is -2.11. The van der Waals surface area contributed by atoms with Gasteiger partial charge in [-0.1, -0.05) is 103 Å². The van der Waals surface area contributed by atoms with E-state index in [4.69, 9.17) is 5.10 Å². The molecule has 0 saturated heterocycles. The van der Waals surface area contributed by atoms with Gasteiger partial charge in [0.05, 0.1) is 11.4 Å². The summed E-state index contributed by atoms with van der Waals surface area (Å²) >= 11 is 0. The number of para-hydroxylation sites is 1. The van der Waals surface area contributed by atoms with Crippen LogP contribution in [0.3, 0.4) is 0 Å². The maximum Gasteiger partial charge on any atom is 0.150 e. The number of carbonyl (C=O) groups is 1. The van der Waals surface area contributed by atoms with E-state index in [9.17, 15) is 4.79 Å². The van der Waals surface area contributed by atoms with Gasteiger partial charge in [0.2, 0.25) is 0 Å². The Labute approximate surface area is 181 Å². The van der Waals surface area contributed by atoms with E-state index in [2.05, 4.69) is 36.4 Å². The summed E-state index contributed by atoms with van der Waals surface area (Å²) in [7, 11) is 0. The Morgan fingerprint density at radius 1 is 0.581 bits per heavy atom. The molecule has 5 rings (SSSR count). The van der Waals surface area contributed by atoms with Crippen LogP contribution in [0.2, 0.25) is 0 Å². The number of aromatic nitrogens is 2. The molecular formula is C28H20N2O.